The van der Waals surface area contributed by atoms with E-state index in [9.17, 15) is 9.59 Å². The van der Waals surface area contributed by atoms with Crippen LogP contribution >= 0.6 is 0 Å². The fraction of sp³-hybridized carbons (Fsp3) is 0.300. The molecule has 1 fully saturated rings. The highest BCUT2D eigenvalue weighted by Crippen LogP contribution is 2.34. The van der Waals surface area contributed by atoms with Crippen LogP contribution in [0.15, 0.2) is 48.5 Å². The molecule has 0 spiro atoms. The van der Waals surface area contributed by atoms with Crippen LogP contribution in [0, 0.1) is 12.8 Å². The number of anilines is 1. The SMILES string of the molecule is Cc1ccc(C2OCCCC2C(=O)Nc2ccc(C(=O)O)cc2)cc1. The molecule has 2 aromatic carbocycles. The molecule has 0 saturated carbocycles. The first-order chi connectivity index (χ1) is 12.0. The molecule has 1 saturated heterocycles. The molecule has 2 N–H and O–H groups in total. The maximum Gasteiger partial charge on any atom is 0.335 e. The van der Waals surface area contributed by atoms with Gasteiger partial charge in [-0.3, -0.25) is 4.79 Å². The minimum atomic E-state index is -0.988. The van der Waals surface area contributed by atoms with Gasteiger partial charge in [0.25, 0.3) is 0 Å². The van der Waals surface area contributed by atoms with Crippen molar-refractivity contribution in [3.05, 3.63) is 65.2 Å². The van der Waals surface area contributed by atoms with Gasteiger partial charge >= 0.3 is 5.97 Å². The summed E-state index contributed by atoms with van der Waals surface area (Å²) in [6.45, 7) is 2.67. The smallest absolute Gasteiger partial charge is 0.335 e. The molecule has 0 radical (unpaired) electrons. The van der Waals surface area contributed by atoms with Crippen LogP contribution in [0.4, 0.5) is 5.69 Å². The van der Waals surface area contributed by atoms with E-state index in [-0.39, 0.29) is 23.5 Å². The Labute approximate surface area is 146 Å². The van der Waals surface area contributed by atoms with Gasteiger partial charge in [-0.05, 0) is 49.6 Å². The largest absolute Gasteiger partial charge is 0.478 e. The number of carboxylic acid groups (broad SMARTS) is 1. The van der Waals surface area contributed by atoms with Crippen LogP contribution in [0.5, 0.6) is 0 Å². The maximum atomic E-state index is 12.7. The van der Waals surface area contributed by atoms with Crippen molar-refractivity contribution in [2.75, 3.05) is 11.9 Å². The number of carboxylic acids is 1. The minimum absolute atomic E-state index is 0.103. The third-order valence-corrected chi connectivity index (χ3v) is 4.46. The van der Waals surface area contributed by atoms with E-state index in [2.05, 4.69) is 5.32 Å². The molecular weight excluding hydrogens is 318 g/mol. The number of benzene rings is 2. The van der Waals surface area contributed by atoms with Gasteiger partial charge in [0.1, 0.15) is 0 Å². The van der Waals surface area contributed by atoms with Gasteiger partial charge in [-0.1, -0.05) is 29.8 Å². The van der Waals surface area contributed by atoms with E-state index >= 15 is 0 Å². The number of ether oxygens (including phenoxy) is 1. The van der Waals surface area contributed by atoms with E-state index < -0.39 is 5.97 Å². The number of carbonyl (C=O) groups is 2. The van der Waals surface area contributed by atoms with Gasteiger partial charge in [0.05, 0.1) is 17.6 Å². The Morgan fingerprint density at radius 3 is 2.40 bits per heavy atom. The summed E-state index contributed by atoms with van der Waals surface area (Å²) in [6.07, 6.45) is 1.35. The van der Waals surface area contributed by atoms with Gasteiger partial charge in [0.15, 0.2) is 0 Å². The van der Waals surface area contributed by atoms with Gasteiger partial charge in [-0.25, -0.2) is 4.79 Å². The summed E-state index contributed by atoms with van der Waals surface area (Å²) in [5.41, 5.74) is 2.95. The maximum absolute atomic E-state index is 12.7. The number of hydrogen-bond acceptors (Lipinski definition) is 3. The lowest BCUT2D eigenvalue weighted by molar-refractivity contribution is -0.129. The first-order valence-electron chi connectivity index (χ1n) is 8.37. The van der Waals surface area contributed by atoms with Crippen LogP contribution in [0.25, 0.3) is 0 Å². The lowest BCUT2D eigenvalue weighted by Gasteiger charge is -2.31. The van der Waals surface area contributed by atoms with E-state index in [0.29, 0.717) is 12.3 Å². The number of carbonyl (C=O) groups excluding carboxylic acids is 1. The van der Waals surface area contributed by atoms with Gasteiger partial charge in [0.2, 0.25) is 5.91 Å². The Balaban J connectivity index is 1.74. The Kier molecular flexibility index (Phi) is 5.14. The molecule has 2 aromatic rings. The van der Waals surface area contributed by atoms with Gasteiger partial charge in [0, 0.05) is 12.3 Å². The third-order valence-electron chi connectivity index (χ3n) is 4.46. The van der Waals surface area contributed by atoms with Gasteiger partial charge in [-0.15, -0.1) is 0 Å². The van der Waals surface area contributed by atoms with Crippen LogP contribution in [-0.4, -0.2) is 23.6 Å². The van der Waals surface area contributed by atoms with Crippen LogP contribution in [0.2, 0.25) is 0 Å². The zero-order chi connectivity index (χ0) is 17.8. The normalized spacial score (nSPS) is 20.0. The molecule has 1 heterocycles. The molecular formula is C20H21NO4. The van der Waals surface area contributed by atoms with Crippen molar-refractivity contribution in [1.82, 2.24) is 0 Å². The topological polar surface area (TPSA) is 75.6 Å². The van der Waals surface area contributed by atoms with E-state index in [1.54, 1.807) is 12.1 Å². The van der Waals surface area contributed by atoms with Crippen molar-refractivity contribution in [1.29, 1.82) is 0 Å². The zero-order valence-corrected chi connectivity index (χ0v) is 14.1. The van der Waals surface area contributed by atoms with E-state index in [1.165, 1.54) is 17.7 Å². The molecule has 0 bridgehead atoms. The first kappa shape index (κ1) is 17.2. The monoisotopic (exact) mass is 339 g/mol. The molecule has 5 heteroatoms. The number of aromatic carboxylic acids is 1. The Morgan fingerprint density at radius 2 is 1.76 bits per heavy atom. The van der Waals surface area contributed by atoms with Gasteiger partial charge < -0.3 is 15.2 Å². The highest BCUT2D eigenvalue weighted by Gasteiger charge is 2.33. The summed E-state index contributed by atoms with van der Waals surface area (Å²) in [5.74, 6) is -1.36. The molecule has 1 aliphatic heterocycles. The summed E-state index contributed by atoms with van der Waals surface area (Å²) < 4.78 is 5.89. The number of aryl methyl sites for hydroxylation is 1. The highest BCUT2D eigenvalue weighted by molar-refractivity contribution is 5.94. The molecule has 1 amide bonds. The second-order valence-electron chi connectivity index (χ2n) is 6.32. The van der Waals surface area contributed by atoms with E-state index in [0.717, 1.165) is 18.4 Å². The van der Waals surface area contributed by atoms with Crippen LogP contribution in [-0.2, 0) is 9.53 Å². The second kappa shape index (κ2) is 7.49. The molecule has 0 aliphatic carbocycles. The molecule has 25 heavy (non-hydrogen) atoms. The van der Waals surface area contributed by atoms with Crippen molar-refractivity contribution in [2.45, 2.75) is 25.9 Å². The van der Waals surface area contributed by atoms with Crippen molar-refractivity contribution in [3.8, 4) is 0 Å². The molecule has 2 atom stereocenters. The lowest BCUT2D eigenvalue weighted by atomic mass is 9.88. The molecule has 2 unspecified atom stereocenters. The average Bonchev–Trinajstić information content (AvgIpc) is 2.63. The molecule has 5 nitrogen and oxygen atoms in total. The zero-order valence-electron chi connectivity index (χ0n) is 14.1. The number of nitrogens with one attached hydrogen (secondary N) is 1. The lowest BCUT2D eigenvalue weighted by Crippen LogP contribution is -2.33. The summed E-state index contributed by atoms with van der Waals surface area (Å²) in [4.78, 5) is 23.6. The summed E-state index contributed by atoms with van der Waals surface area (Å²) in [6, 6.07) is 14.2. The quantitative estimate of drug-likeness (QED) is 0.888. The minimum Gasteiger partial charge on any atom is -0.478 e. The Bertz CT molecular complexity index is 752. The molecule has 0 aromatic heterocycles. The summed E-state index contributed by atoms with van der Waals surface area (Å²) in [5, 5.41) is 11.8. The van der Waals surface area contributed by atoms with Gasteiger partial charge in [-0.2, -0.15) is 0 Å². The number of rotatable bonds is 4. The van der Waals surface area contributed by atoms with Crippen molar-refractivity contribution in [2.24, 2.45) is 5.92 Å². The summed E-state index contributed by atoms with van der Waals surface area (Å²) >= 11 is 0. The third kappa shape index (κ3) is 4.06. The van der Waals surface area contributed by atoms with Crippen molar-refractivity contribution >= 4 is 17.6 Å². The Morgan fingerprint density at radius 1 is 1.08 bits per heavy atom. The Hall–Kier alpha value is -2.66. The molecule has 130 valence electrons. The second-order valence-corrected chi connectivity index (χ2v) is 6.32. The average molecular weight is 339 g/mol. The molecule has 3 rings (SSSR count). The predicted molar refractivity (Wildman–Crippen MR) is 94.6 cm³/mol. The van der Waals surface area contributed by atoms with E-state index in [1.807, 2.05) is 31.2 Å². The fourth-order valence-corrected chi connectivity index (χ4v) is 3.07. The van der Waals surface area contributed by atoms with Crippen molar-refractivity contribution < 1.29 is 19.4 Å². The summed E-state index contributed by atoms with van der Waals surface area (Å²) in [7, 11) is 0. The molecule has 1 aliphatic rings. The van der Waals surface area contributed by atoms with Crippen LogP contribution < -0.4 is 5.32 Å². The van der Waals surface area contributed by atoms with Crippen molar-refractivity contribution in [3.63, 3.8) is 0 Å². The first-order valence-corrected chi connectivity index (χ1v) is 8.37. The highest BCUT2D eigenvalue weighted by atomic mass is 16.5. The standard InChI is InChI=1S/C20H21NO4/c1-13-4-6-14(7-5-13)18-17(3-2-12-25-18)19(22)21-16-10-8-15(9-11-16)20(23)24/h4-11,17-18H,2-3,12H2,1H3,(H,21,22)(H,23,24). The number of amides is 1. The van der Waals surface area contributed by atoms with Crippen LogP contribution in [0.3, 0.4) is 0 Å². The van der Waals surface area contributed by atoms with Crippen LogP contribution in [0.1, 0.15) is 40.4 Å². The fourth-order valence-electron chi connectivity index (χ4n) is 3.07. The predicted octanol–water partition coefficient (Wildman–Crippen LogP) is 3.80. The number of hydrogen-bond donors (Lipinski definition) is 2. The van der Waals surface area contributed by atoms with E-state index in [4.69, 9.17) is 9.84 Å².